The number of aliphatic hydroxyl groups is 1. The predicted molar refractivity (Wildman–Crippen MR) is 117 cm³/mol. The number of hydrogen-bond donors (Lipinski definition) is 1. The molecule has 0 aliphatic carbocycles. The summed E-state index contributed by atoms with van der Waals surface area (Å²) in [6.07, 6.45) is -1.29. The second-order valence-corrected chi connectivity index (χ2v) is 7.67. The summed E-state index contributed by atoms with van der Waals surface area (Å²) in [5, 5.41) is 9.73. The van der Waals surface area contributed by atoms with Crippen molar-refractivity contribution in [2.24, 2.45) is 0 Å². The molecule has 3 unspecified atom stereocenters. The lowest BCUT2D eigenvalue weighted by atomic mass is 10.1. The number of carbonyl (C=O) groups excluding carboxylic acids is 2. The Hall–Kier alpha value is -3.82. The molecule has 1 aromatic heterocycles. The standard InChI is InChI=1S/C24H22N2O7/c1-15-13-25(24(31)26(21(15)28)22(29)16-8-4-2-5-9-16)20-12-18(19(14-27)32-20)33-23(30)17-10-6-3-7-11-17/h2-11,13,18-20,27H,12,14H2,1H3. The van der Waals surface area contributed by atoms with Gasteiger partial charge >= 0.3 is 11.7 Å². The first kappa shape index (κ1) is 22.4. The number of rotatable bonds is 5. The summed E-state index contributed by atoms with van der Waals surface area (Å²) in [6.45, 7) is 1.04. The summed E-state index contributed by atoms with van der Waals surface area (Å²) in [6, 6.07) is 16.3. The highest BCUT2D eigenvalue weighted by atomic mass is 16.6. The number of hydrogen-bond acceptors (Lipinski definition) is 7. The number of aliphatic hydroxyl groups excluding tert-OH is 1. The SMILES string of the molecule is Cc1cn(C2CC(OC(=O)c3ccccc3)C(CO)O2)c(=O)n(C(=O)c2ccccc2)c1=O. The second kappa shape index (κ2) is 9.35. The Morgan fingerprint density at radius 1 is 1.03 bits per heavy atom. The maximum atomic E-state index is 13.1. The number of benzene rings is 2. The molecule has 1 saturated heterocycles. The molecule has 33 heavy (non-hydrogen) atoms. The third kappa shape index (κ3) is 4.41. The van der Waals surface area contributed by atoms with E-state index in [1.807, 2.05) is 0 Å². The van der Waals surface area contributed by atoms with Gasteiger partial charge in [0.25, 0.3) is 11.5 Å². The van der Waals surface area contributed by atoms with Gasteiger partial charge in [-0.15, -0.1) is 0 Å². The first-order valence-electron chi connectivity index (χ1n) is 10.4. The molecule has 1 N–H and O–H groups in total. The van der Waals surface area contributed by atoms with Crippen LogP contribution in [-0.4, -0.2) is 44.9 Å². The number of carbonyl (C=O) groups is 2. The molecule has 0 spiro atoms. The van der Waals surface area contributed by atoms with Crippen molar-refractivity contribution in [3.63, 3.8) is 0 Å². The fourth-order valence-electron chi connectivity index (χ4n) is 3.73. The highest BCUT2D eigenvalue weighted by Gasteiger charge is 2.39. The van der Waals surface area contributed by atoms with Gasteiger partial charge in [0, 0.05) is 23.7 Å². The summed E-state index contributed by atoms with van der Waals surface area (Å²) in [5.74, 6) is -1.34. The maximum absolute atomic E-state index is 13.1. The van der Waals surface area contributed by atoms with Crippen LogP contribution < -0.4 is 11.2 Å². The molecule has 3 aromatic rings. The number of aryl methyl sites for hydroxylation is 1. The Balaban J connectivity index is 1.65. The van der Waals surface area contributed by atoms with Crippen LogP contribution in [0.15, 0.2) is 76.4 Å². The van der Waals surface area contributed by atoms with Crippen molar-refractivity contribution in [1.29, 1.82) is 0 Å². The van der Waals surface area contributed by atoms with Crippen LogP contribution in [0.5, 0.6) is 0 Å². The highest BCUT2D eigenvalue weighted by Crippen LogP contribution is 2.30. The van der Waals surface area contributed by atoms with Gasteiger partial charge in [-0.05, 0) is 31.2 Å². The van der Waals surface area contributed by atoms with E-state index in [-0.39, 0.29) is 17.5 Å². The summed E-state index contributed by atoms with van der Waals surface area (Å²) in [7, 11) is 0. The molecular formula is C24H22N2O7. The van der Waals surface area contributed by atoms with Crippen LogP contribution in [0.4, 0.5) is 0 Å². The van der Waals surface area contributed by atoms with E-state index in [9.17, 15) is 24.3 Å². The minimum absolute atomic E-state index is 0.0564. The first-order chi connectivity index (χ1) is 15.9. The van der Waals surface area contributed by atoms with Gasteiger partial charge in [-0.1, -0.05) is 36.4 Å². The number of nitrogens with zero attached hydrogens (tertiary/aromatic N) is 2. The lowest BCUT2D eigenvalue weighted by Crippen LogP contribution is -2.45. The van der Waals surface area contributed by atoms with Gasteiger partial charge < -0.3 is 14.6 Å². The van der Waals surface area contributed by atoms with Crippen LogP contribution in [0.25, 0.3) is 0 Å². The van der Waals surface area contributed by atoms with Crippen molar-refractivity contribution in [2.75, 3.05) is 6.61 Å². The zero-order valence-electron chi connectivity index (χ0n) is 17.8. The summed E-state index contributed by atoms with van der Waals surface area (Å²) < 4.78 is 13.0. The molecule has 1 aliphatic heterocycles. The third-order valence-corrected chi connectivity index (χ3v) is 5.45. The van der Waals surface area contributed by atoms with E-state index in [0.717, 1.165) is 4.57 Å². The minimum atomic E-state index is -0.947. The molecule has 1 fully saturated rings. The highest BCUT2D eigenvalue weighted by molar-refractivity contribution is 5.95. The minimum Gasteiger partial charge on any atom is -0.456 e. The van der Waals surface area contributed by atoms with E-state index in [4.69, 9.17) is 9.47 Å². The van der Waals surface area contributed by atoms with Crippen LogP contribution in [0.1, 0.15) is 38.9 Å². The van der Waals surface area contributed by atoms with E-state index in [1.165, 1.54) is 25.3 Å². The quantitative estimate of drug-likeness (QED) is 0.586. The van der Waals surface area contributed by atoms with Gasteiger partial charge in [-0.25, -0.2) is 9.59 Å². The van der Waals surface area contributed by atoms with Crippen LogP contribution in [-0.2, 0) is 9.47 Å². The third-order valence-electron chi connectivity index (χ3n) is 5.45. The molecule has 1 aliphatic rings. The Bertz CT molecular complexity index is 1280. The molecule has 9 heteroatoms. The molecule has 3 atom stereocenters. The Kier molecular flexibility index (Phi) is 6.34. The monoisotopic (exact) mass is 450 g/mol. The molecule has 0 amide bonds. The van der Waals surface area contributed by atoms with Crippen molar-refractivity contribution < 1.29 is 24.2 Å². The number of ether oxygens (including phenoxy) is 2. The zero-order valence-corrected chi connectivity index (χ0v) is 17.8. The molecule has 2 aromatic carbocycles. The molecule has 0 bridgehead atoms. The van der Waals surface area contributed by atoms with Crippen molar-refractivity contribution in [2.45, 2.75) is 31.8 Å². The lowest BCUT2D eigenvalue weighted by molar-refractivity contribution is -0.0524. The molecule has 2 heterocycles. The van der Waals surface area contributed by atoms with Gasteiger partial charge in [0.1, 0.15) is 18.4 Å². The van der Waals surface area contributed by atoms with E-state index in [1.54, 1.807) is 48.5 Å². The van der Waals surface area contributed by atoms with Crippen LogP contribution in [0.3, 0.4) is 0 Å². The predicted octanol–water partition coefficient (Wildman–Crippen LogP) is 1.51. The molecule has 0 saturated carbocycles. The van der Waals surface area contributed by atoms with E-state index in [2.05, 4.69) is 0 Å². The van der Waals surface area contributed by atoms with Gasteiger partial charge in [-0.3, -0.25) is 14.2 Å². The molecule has 0 radical (unpaired) electrons. The van der Waals surface area contributed by atoms with Crippen LogP contribution >= 0.6 is 0 Å². The molecule has 9 nitrogen and oxygen atoms in total. The van der Waals surface area contributed by atoms with Gasteiger partial charge in [0.2, 0.25) is 0 Å². The van der Waals surface area contributed by atoms with Gasteiger partial charge in [0.05, 0.1) is 12.2 Å². The molecular weight excluding hydrogens is 428 g/mol. The Morgan fingerprint density at radius 3 is 2.24 bits per heavy atom. The topological polar surface area (TPSA) is 117 Å². The smallest absolute Gasteiger partial charge is 0.340 e. The van der Waals surface area contributed by atoms with Gasteiger partial charge in [0.15, 0.2) is 0 Å². The maximum Gasteiger partial charge on any atom is 0.340 e. The van der Waals surface area contributed by atoms with Crippen molar-refractivity contribution in [1.82, 2.24) is 9.13 Å². The fourth-order valence-corrected chi connectivity index (χ4v) is 3.73. The molecule has 4 rings (SSSR count). The molecule has 170 valence electrons. The largest absolute Gasteiger partial charge is 0.456 e. The summed E-state index contributed by atoms with van der Waals surface area (Å²) in [4.78, 5) is 51.1. The van der Waals surface area contributed by atoms with E-state index >= 15 is 0 Å². The van der Waals surface area contributed by atoms with Crippen LogP contribution in [0, 0.1) is 6.92 Å². The van der Waals surface area contributed by atoms with Crippen molar-refractivity contribution in [3.05, 3.63) is 104 Å². The van der Waals surface area contributed by atoms with Crippen molar-refractivity contribution in [3.8, 4) is 0 Å². The summed E-state index contributed by atoms with van der Waals surface area (Å²) >= 11 is 0. The Morgan fingerprint density at radius 2 is 1.64 bits per heavy atom. The first-order valence-corrected chi connectivity index (χ1v) is 10.4. The fraction of sp³-hybridized carbons (Fsp3) is 0.250. The summed E-state index contributed by atoms with van der Waals surface area (Å²) in [5.41, 5.74) is -0.922. The van der Waals surface area contributed by atoms with Crippen LogP contribution in [0.2, 0.25) is 0 Å². The average molecular weight is 450 g/mol. The average Bonchev–Trinajstić information content (AvgIpc) is 3.25. The van der Waals surface area contributed by atoms with Gasteiger partial charge in [-0.2, -0.15) is 4.57 Å². The van der Waals surface area contributed by atoms with Crippen molar-refractivity contribution >= 4 is 11.9 Å². The number of aromatic nitrogens is 2. The Labute approximate surface area is 188 Å². The van der Waals surface area contributed by atoms with E-state index in [0.29, 0.717) is 10.1 Å². The normalized spacial score (nSPS) is 19.9. The lowest BCUT2D eigenvalue weighted by Gasteiger charge is -2.17. The number of esters is 1. The zero-order chi connectivity index (χ0) is 23.5. The second-order valence-electron chi connectivity index (χ2n) is 7.67. The van der Waals surface area contributed by atoms with E-state index < -0.39 is 48.2 Å².